The molecule has 0 aromatic carbocycles. The van der Waals surface area contributed by atoms with Gasteiger partial charge < -0.3 is 10.4 Å². The van der Waals surface area contributed by atoms with E-state index in [4.69, 9.17) is 0 Å². The molecular formula is C13H19N3OS. The van der Waals surface area contributed by atoms with Crippen LogP contribution in [0.5, 0.6) is 0 Å². The third kappa shape index (κ3) is 2.84. The normalized spacial score (nSPS) is 31.7. The second-order valence-electron chi connectivity index (χ2n) is 5.37. The molecule has 0 amide bonds. The van der Waals surface area contributed by atoms with Gasteiger partial charge in [-0.05, 0) is 38.2 Å². The Kier molecular flexibility index (Phi) is 3.54. The van der Waals surface area contributed by atoms with Gasteiger partial charge in [-0.15, -0.1) is 0 Å². The zero-order chi connectivity index (χ0) is 12.4. The van der Waals surface area contributed by atoms with Crippen LogP contribution in [0, 0.1) is 0 Å². The number of hydrogen-bond acceptors (Lipinski definition) is 5. The second-order valence-corrected chi connectivity index (χ2v) is 6.64. The van der Waals surface area contributed by atoms with Gasteiger partial charge in [0, 0.05) is 29.2 Å². The summed E-state index contributed by atoms with van der Waals surface area (Å²) in [5.41, 5.74) is -0.0480. The molecule has 5 heteroatoms. The highest BCUT2D eigenvalue weighted by Gasteiger charge is 2.42. The van der Waals surface area contributed by atoms with Gasteiger partial charge in [0.2, 0.25) is 0 Å². The molecule has 0 spiro atoms. The molecule has 3 rings (SSSR count). The largest absolute Gasteiger partial charge is 0.394 e. The van der Waals surface area contributed by atoms with E-state index in [9.17, 15) is 5.11 Å². The lowest BCUT2D eigenvalue weighted by molar-refractivity contribution is 0.163. The minimum absolute atomic E-state index is 0.0480. The maximum Gasteiger partial charge on any atom is 0.187 e. The maximum absolute atomic E-state index is 9.67. The van der Waals surface area contributed by atoms with Crippen LogP contribution in [0.2, 0.25) is 0 Å². The molecule has 0 aliphatic heterocycles. The van der Waals surface area contributed by atoms with Gasteiger partial charge in [0.25, 0.3) is 0 Å². The van der Waals surface area contributed by atoms with Crippen molar-refractivity contribution in [3.63, 3.8) is 0 Å². The molecule has 2 aliphatic rings. The summed E-state index contributed by atoms with van der Waals surface area (Å²) in [6.07, 6.45) is 9.30. The van der Waals surface area contributed by atoms with Crippen LogP contribution in [0.4, 0.5) is 0 Å². The topological polar surface area (TPSA) is 58.0 Å². The zero-order valence-corrected chi connectivity index (χ0v) is 11.2. The van der Waals surface area contributed by atoms with E-state index in [-0.39, 0.29) is 12.1 Å². The average molecular weight is 265 g/mol. The standard InChI is InChI=1S/C13H19N3OS/c17-9-13(16-10-2-3-10)5-4-11(8-13)18-12-14-6-1-7-15-12/h1,6-7,10-11,16-17H,2-5,8-9H2. The van der Waals surface area contributed by atoms with Crippen LogP contribution >= 0.6 is 11.8 Å². The lowest BCUT2D eigenvalue weighted by Gasteiger charge is -2.28. The first-order valence-corrected chi connectivity index (χ1v) is 7.50. The predicted molar refractivity (Wildman–Crippen MR) is 71.5 cm³/mol. The van der Waals surface area contributed by atoms with Crippen LogP contribution in [0.25, 0.3) is 0 Å². The first-order chi connectivity index (χ1) is 8.80. The number of thioether (sulfide) groups is 1. The minimum atomic E-state index is -0.0480. The van der Waals surface area contributed by atoms with Crippen molar-refractivity contribution < 1.29 is 5.11 Å². The SMILES string of the molecule is OCC1(NC2CC2)CCC(Sc2ncccn2)C1. The lowest BCUT2D eigenvalue weighted by atomic mass is 9.99. The van der Waals surface area contributed by atoms with Crippen LogP contribution in [0.3, 0.4) is 0 Å². The summed E-state index contributed by atoms with van der Waals surface area (Å²) in [5.74, 6) is 0. The van der Waals surface area contributed by atoms with Crippen molar-refractivity contribution in [3.8, 4) is 0 Å². The van der Waals surface area contributed by atoms with Gasteiger partial charge in [-0.1, -0.05) is 11.8 Å². The van der Waals surface area contributed by atoms with Gasteiger partial charge in [0.05, 0.1) is 6.61 Å². The molecule has 1 aromatic heterocycles. The molecule has 0 saturated heterocycles. The Morgan fingerprint density at radius 1 is 1.33 bits per heavy atom. The third-order valence-corrected chi connectivity index (χ3v) is 4.93. The number of rotatable bonds is 5. The van der Waals surface area contributed by atoms with Crippen LogP contribution < -0.4 is 5.32 Å². The van der Waals surface area contributed by atoms with Crippen LogP contribution in [-0.2, 0) is 0 Å². The highest BCUT2D eigenvalue weighted by molar-refractivity contribution is 7.99. The summed E-state index contributed by atoms with van der Waals surface area (Å²) in [6.45, 7) is 0.246. The molecule has 2 atom stereocenters. The predicted octanol–water partition coefficient (Wildman–Crippen LogP) is 1.60. The van der Waals surface area contributed by atoms with Crippen molar-refractivity contribution in [3.05, 3.63) is 18.5 Å². The van der Waals surface area contributed by atoms with Crippen molar-refractivity contribution in [1.29, 1.82) is 0 Å². The summed E-state index contributed by atoms with van der Waals surface area (Å²) in [7, 11) is 0. The van der Waals surface area contributed by atoms with Gasteiger partial charge in [-0.2, -0.15) is 0 Å². The Morgan fingerprint density at radius 3 is 2.78 bits per heavy atom. The number of aliphatic hydroxyl groups excluding tert-OH is 1. The molecule has 0 radical (unpaired) electrons. The van der Waals surface area contributed by atoms with Gasteiger partial charge in [-0.3, -0.25) is 0 Å². The fourth-order valence-electron chi connectivity index (χ4n) is 2.65. The van der Waals surface area contributed by atoms with Crippen LogP contribution in [-0.4, -0.2) is 38.5 Å². The smallest absolute Gasteiger partial charge is 0.187 e. The molecular weight excluding hydrogens is 246 g/mol. The van der Waals surface area contributed by atoms with Crippen LogP contribution in [0.1, 0.15) is 32.1 Å². The van der Waals surface area contributed by atoms with Crippen molar-refractivity contribution in [2.45, 2.75) is 54.1 Å². The first-order valence-electron chi connectivity index (χ1n) is 6.62. The van der Waals surface area contributed by atoms with E-state index in [1.165, 1.54) is 12.8 Å². The molecule has 1 aromatic rings. The quantitative estimate of drug-likeness (QED) is 0.792. The Morgan fingerprint density at radius 2 is 2.11 bits per heavy atom. The number of aliphatic hydroxyl groups is 1. The fraction of sp³-hybridized carbons (Fsp3) is 0.692. The Hall–Kier alpha value is -0.650. The molecule has 2 N–H and O–H groups in total. The summed E-state index contributed by atoms with van der Waals surface area (Å²) < 4.78 is 0. The van der Waals surface area contributed by atoms with E-state index in [1.807, 2.05) is 6.07 Å². The summed E-state index contributed by atoms with van der Waals surface area (Å²) in [5, 5.41) is 14.7. The minimum Gasteiger partial charge on any atom is -0.394 e. The molecule has 2 saturated carbocycles. The Balaban J connectivity index is 1.59. The van der Waals surface area contributed by atoms with E-state index in [1.54, 1.807) is 24.2 Å². The summed E-state index contributed by atoms with van der Waals surface area (Å²) >= 11 is 1.74. The molecule has 98 valence electrons. The van der Waals surface area contributed by atoms with Crippen molar-refractivity contribution in [2.75, 3.05) is 6.61 Å². The number of aromatic nitrogens is 2. The summed E-state index contributed by atoms with van der Waals surface area (Å²) in [4.78, 5) is 8.52. The molecule has 0 bridgehead atoms. The fourth-order valence-corrected chi connectivity index (χ4v) is 3.83. The molecule has 1 heterocycles. The van der Waals surface area contributed by atoms with E-state index in [0.717, 1.165) is 24.4 Å². The van der Waals surface area contributed by atoms with Gasteiger partial charge >= 0.3 is 0 Å². The number of nitrogens with one attached hydrogen (secondary N) is 1. The highest BCUT2D eigenvalue weighted by atomic mass is 32.2. The Labute approximate surface area is 112 Å². The second kappa shape index (κ2) is 5.15. The van der Waals surface area contributed by atoms with Crippen molar-refractivity contribution in [1.82, 2.24) is 15.3 Å². The van der Waals surface area contributed by atoms with E-state index >= 15 is 0 Å². The molecule has 18 heavy (non-hydrogen) atoms. The van der Waals surface area contributed by atoms with Gasteiger partial charge in [-0.25, -0.2) is 9.97 Å². The zero-order valence-electron chi connectivity index (χ0n) is 10.4. The van der Waals surface area contributed by atoms with Gasteiger partial charge in [0.15, 0.2) is 5.16 Å². The van der Waals surface area contributed by atoms with Crippen molar-refractivity contribution >= 4 is 11.8 Å². The number of nitrogens with zero attached hydrogens (tertiary/aromatic N) is 2. The molecule has 2 unspecified atom stereocenters. The van der Waals surface area contributed by atoms with Gasteiger partial charge in [0.1, 0.15) is 0 Å². The highest BCUT2D eigenvalue weighted by Crippen LogP contribution is 2.40. The average Bonchev–Trinajstić information content (AvgIpc) is 3.12. The van der Waals surface area contributed by atoms with E-state index in [2.05, 4.69) is 15.3 Å². The lowest BCUT2D eigenvalue weighted by Crippen LogP contribution is -2.47. The Bertz CT molecular complexity index is 398. The van der Waals surface area contributed by atoms with E-state index < -0.39 is 0 Å². The first kappa shape index (κ1) is 12.4. The molecule has 2 aliphatic carbocycles. The van der Waals surface area contributed by atoms with E-state index in [0.29, 0.717) is 11.3 Å². The van der Waals surface area contributed by atoms with Crippen LogP contribution in [0.15, 0.2) is 23.6 Å². The monoisotopic (exact) mass is 265 g/mol. The third-order valence-electron chi connectivity index (χ3n) is 3.77. The summed E-state index contributed by atoms with van der Waals surface area (Å²) in [6, 6.07) is 2.49. The molecule has 2 fully saturated rings. The number of hydrogen-bond donors (Lipinski definition) is 2. The van der Waals surface area contributed by atoms with Crippen molar-refractivity contribution in [2.24, 2.45) is 0 Å². The molecule has 4 nitrogen and oxygen atoms in total. The maximum atomic E-state index is 9.67.